The van der Waals surface area contributed by atoms with E-state index in [1.165, 1.54) is 12.8 Å². The number of hydrogen-bond donors (Lipinski definition) is 1. The van der Waals surface area contributed by atoms with Gasteiger partial charge < -0.3 is 5.32 Å². The zero-order chi connectivity index (χ0) is 16.8. The van der Waals surface area contributed by atoms with Gasteiger partial charge in [-0.15, -0.1) is 11.8 Å². The summed E-state index contributed by atoms with van der Waals surface area (Å²) in [7, 11) is 0. The third-order valence-corrected chi connectivity index (χ3v) is 5.69. The summed E-state index contributed by atoms with van der Waals surface area (Å²) in [6.45, 7) is 2.29. The highest BCUT2D eigenvalue weighted by molar-refractivity contribution is 7.98. The molecule has 0 bridgehead atoms. The zero-order valence-electron chi connectivity index (χ0n) is 14.1. The first kappa shape index (κ1) is 17.0. The van der Waals surface area contributed by atoms with Crippen LogP contribution in [-0.4, -0.2) is 16.9 Å². The molecule has 1 aliphatic rings. The summed E-state index contributed by atoms with van der Waals surface area (Å²) >= 11 is 1.67. The molecule has 1 aromatic carbocycles. The topological polar surface area (TPSA) is 42.0 Å². The van der Waals surface area contributed by atoms with Gasteiger partial charge in [-0.2, -0.15) is 0 Å². The van der Waals surface area contributed by atoms with Crippen LogP contribution in [0.1, 0.15) is 48.7 Å². The molecule has 0 atom stereocenters. The van der Waals surface area contributed by atoms with Gasteiger partial charge in [0.25, 0.3) is 5.91 Å². The lowest BCUT2D eigenvalue weighted by molar-refractivity contribution is 0.0920. The number of rotatable bonds is 5. The van der Waals surface area contributed by atoms with Gasteiger partial charge in [-0.25, -0.2) is 0 Å². The molecule has 1 amide bonds. The van der Waals surface area contributed by atoms with E-state index in [2.05, 4.69) is 17.2 Å². The van der Waals surface area contributed by atoms with E-state index < -0.39 is 0 Å². The predicted octanol–water partition coefficient (Wildman–Crippen LogP) is 4.68. The molecule has 0 saturated heterocycles. The Hall–Kier alpha value is -1.81. The average molecular weight is 340 g/mol. The van der Waals surface area contributed by atoms with Crippen LogP contribution in [0.3, 0.4) is 0 Å². The Balaban J connectivity index is 1.63. The fraction of sp³-hybridized carbons (Fsp3) is 0.400. The second-order valence-electron chi connectivity index (χ2n) is 6.54. The minimum absolute atomic E-state index is 0.0543. The molecule has 1 aliphatic carbocycles. The Morgan fingerprint density at radius 1 is 1.12 bits per heavy atom. The second-order valence-corrected chi connectivity index (χ2v) is 7.55. The molecule has 24 heavy (non-hydrogen) atoms. The third-order valence-electron chi connectivity index (χ3n) is 4.58. The summed E-state index contributed by atoms with van der Waals surface area (Å²) in [5, 5.41) is 3.23. The van der Waals surface area contributed by atoms with Crippen LogP contribution in [0.2, 0.25) is 0 Å². The van der Waals surface area contributed by atoms with Crippen molar-refractivity contribution < 1.29 is 4.79 Å². The summed E-state index contributed by atoms with van der Waals surface area (Å²) in [6, 6.07) is 14.1. The number of nitrogens with zero attached hydrogens (tertiary/aromatic N) is 1. The fourth-order valence-corrected chi connectivity index (χ4v) is 4.05. The second kappa shape index (κ2) is 8.34. The van der Waals surface area contributed by atoms with Crippen molar-refractivity contribution in [1.82, 2.24) is 10.3 Å². The molecule has 0 radical (unpaired) electrons. The molecule has 1 aromatic heterocycles. The van der Waals surface area contributed by atoms with Gasteiger partial charge in [0, 0.05) is 22.9 Å². The lowest BCUT2D eigenvalue weighted by Crippen LogP contribution is -2.37. The fourth-order valence-electron chi connectivity index (χ4n) is 3.08. The zero-order valence-corrected chi connectivity index (χ0v) is 14.9. The maximum Gasteiger partial charge on any atom is 0.252 e. The van der Waals surface area contributed by atoms with Crippen molar-refractivity contribution in [1.29, 1.82) is 0 Å². The molecule has 1 saturated carbocycles. The smallest absolute Gasteiger partial charge is 0.252 e. The first-order chi connectivity index (χ1) is 11.7. The normalized spacial score (nSPS) is 20.5. The lowest BCUT2D eigenvalue weighted by Gasteiger charge is -2.27. The maximum atomic E-state index is 12.7. The van der Waals surface area contributed by atoms with Crippen LogP contribution in [-0.2, 0) is 5.75 Å². The molecule has 4 heteroatoms. The molecule has 1 fully saturated rings. The number of thioether (sulfide) groups is 1. The van der Waals surface area contributed by atoms with Gasteiger partial charge in [0.2, 0.25) is 0 Å². The molecule has 2 aromatic rings. The van der Waals surface area contributed by atoms with Crippen LogP contribution in [0.5, 0.6) is 0 Å². The van der Waals surface area contributed by atoms with E-state index in [1.54, 1.807) is 18.0 Å². The van der Waals surface area contributed by atoms with Crippen LogP contribution in [0.25, 0.3) is 0 Å². The number of hydrogen-bond acceptors (Lipinski definition) is 3. The van der Waals surface area contributed by atoms with E-state index in [0.717, 1.165) is 40.7 Å². The van der Waals surface area contributed by atoms with E-state index in [9.17, 15) is 4.79 Å². The van der Waals surface area contributed by atoms with Crippen LogP contribution in [0, 0.1) is 5.92 Å². The van der Waals surface area contributed by atoms with Crippen LogP contribution in [0.15, 0.2) is 53.6 Å². The van der Waals surface area contributed by atoms with E-state index in [0.29, 0.717) is 6.04 Å². The minimum atomic E-state index is 0.0543. The highest BCUT2D eigenvalue weighted by Crippen LogP contribution is 2.27. The largest absolute Gasteiger partial charge is 0.349 e. The van der Waals surface area contributed by atoms with Gasteiger partial charge in [0.1, 0.15) is 0 Å². The van der Waals surface area contributed by atoms with Crippen molar-refractivity contribution in [3.8, 4) is 0 Å². The quantitative estimate of drug-likeness (QED) is 0.803. The summed E-state index contributed by atoms with van der Waals surface area (Å²) in [4.78, 5) is 18.1. The van der Waals surface area contributed by atoms with Gasteiger partial charge in [-0.3, -0.25) is 9.78 Å². The van der Waals surface area contributed by atoms with Crippen molar-refractivity contribution in [3.63, 3.8) is 0 Å². The van der Waals surface area contributed by atoms with Gasteiger partial charge in [0.05, 0.1) is 11.3 Å². The van der Waals surface area contributed by atoms with Crippen LogP contribution < -0.4 is 5.32 Å². The Kier molecular flexibility index (Phi) is 5.91. The predicted molar refractivity (Wildman–Crippen MR) is 99.1 cm³/mol. The Labute approximate surface area is 148 Å². The van der Waals surface area contributed by atoms with E-state index >= 15 is 0 Å². The van der Waals surface area contributed by atoms with Gasteiger partial charge in [-0.1, -0.05) is 25.1 Å². The molecular formula is C20H24N2OS. The Bertz CT molecular complexity index is 666. The van der Waals surface area contributed by atoms with Crippen molar-refractivity contribution in [3.05, 3.63) is 59.9 Å². The molecule has 0 unspecified atom stereocenters. The highest BCUT2D eigenvalue weighted by Gasteiger charge is 2.21. The first-order valence-corrected chi connectivity index (χ1v) is 9.63. The van der Waals surface area contributed by atoms with E-state index in [4.69, 9.17) is 0 Å². The van der Waals surface area contributed by atoms with Crippen molar-refractivity contribution in [2.75, 3.05) is 0 Å². The molecular weight excluding hydrogens is 316 g/mol. The molecule has 0 aliphatic heterocycles. The number of pyridine rings is 1. The standard InChI is InChI=1S/C20H24N2OS/c1-15-9-11-16(12-10-15)22-20(23)18-7-2-3-8-19(18)24-14-17-6-4-5-13-21-17/h2-8,13,15-16H,9-12,14H2,1H3,(H,22,23). The molecule has 126 valence electrons. The SMILES string of the molecule is CC1CCC(NC(=O)c2ccccc2SCc2ccccn2)CC1. The number of carbonyl (C=O) groups is 1. The van der Waals surface area contributed by atoms with Crippen LogP contribution in [0.4, 0.5) is 0 Å². The summed E-state index contributed by atoms with van der Waals surface area (Å²) in [5.74, 6) is 1.62. The van der Waals surface area contributed by atoms with Crippen molar-refractivity contribution in [2.45, 2.75) is 49.3 Å². The average Bonchev–Trinajstić information content (AvgIpc) is 2.63. The number of amides is 1. The molecule has 3 nitrogen and oxygen atoms in total. The first-order valence-electron chi connectivity index (χ1n) is 8.65. The number of benzene rings is 1. The number of carbonyl (C=O) groups excluding carboxylic acids is 1. The Morgan fingerprint density at radius 2 is 1.88 bits per heavy atom. The molecule has 1 heterocycles. The highest BCUT2D eigenvalue weighted by atomic mass is 32.2. The molecule has 1 N–H and O–H groups in total. The van der Waals surface area contributed by atoms with Gasteiger partial charge >= 0.3 is 0 Å². The van der Waals surface area contributed by atoms with Gasteiger partial charge in [0.15, 0.2) is 0 Å². The van der Waals surface area contributed by atoms with Gasteiger partial charge in [-0.05, 0) is 55.9 Å². The monoisotopic (exact) mass is 340 g/mol. The Morgan fingerprint density at radius 3 is 2.62 bits per heavy atom. The molecule has 3 rings (SSSR count). The van der Waals surface area contributed by atoms with Crippen molar-refractivity contribution in [2.24, 2.45) is 5.92 Å². The number of aromatic nitrogens is 1. The minimum Gasteiger partial charge on any atom is -0.349 e. The van der Waals surface area contributed by atoms with Crippen molar-refractivity contribution >= 4 is 17.7 Å². The third kappa shape index (κ3) is 4.60. The van der Waals surface area contributed by atoms with E-state index in [1.807, 2.05) is 42.5 Å². The van der Waals surface area contributed by atoms with E-state index in [-0.39, 0.29) is 5.91 Å². The molecule has 0 spiro atoms. The summed E-state index contributed by atoms with van der Waals surface area (Å²) in [6.07, 6.45) is 6.41. The summed E-state index contributed by atoms with van der Waals surface area (Å²) < 4.78 is 0. The van der Waals surface area contributed by atoms with Crippen LogP contribution >= 0.6 is 11.8 Å². The maximum absolute atomic E-state index is 12.7. The lowest BCUT2D eigenvalue weighted by atomic mass is 9.87. The summed E-state index contributed by atoms with van der Waals surface area (Å²) in [5.41, 5.74) is 1.80. The number of nitrogens with one attached hydrogen (secondary N) is 1.